The molecule has 0 bridgehead atoms. The van der Waals surface area contributed by atoms with Gasteiger partial charge in [-0.25, -0.2) is 0 Å². The topological polar surface area (TPSA) is 30.5 Å². The molecule has 0 saturated carbocycles. The predicted octanol–water partition coefficient (Wildman–Crippen LogP) is 2.32. The van der Waals surface area contributed by atoms with Crippen LogP contribution < -0.4 is 14.8 Å². The third-order valence-electron chi connectivity index (χ3n) is 1.98. The lowest BCUT2D eigenvalue weighted by molar-refractivity contribution is 0.345. The van der Waals surface area contributed by atoms with Gasteiger partial charge in [-0.05, 0) is 29.0 Å². The molecule has 1 aromatic carbocycles. The van der Waals surface area contributed by atoms with Crippen LogP contribution in [-0.2, 0) is 6.54 Å². The summed E-state index contributed by atoms with van der Waals surface area (Å²) < 4.78 is 24.3. The third-order valence-corrected chi connectivity index (χ3v) is 2.57. The zero-order valence-electron chi connectivity index (χ0n) is 8.86. The van der Waals surface area contributed by atoms with Gasteiger partial charge in [-0.15, -0.1) is 0 Å². The molecule has 0 heterocycles. The average Bonchev–Trinajstić information content (AvgIpc) is 2.19. The second-order valence-corrected chi connectivity index (χ2v) is 3.78. The number of hydrogen-bond acceptors (Lipinski definition) is 3. The van der Waals surface area contributed by atoms with Gasteiger partial charge in [-0.3, -0.25) is 0 Å². The van der Waals surface area contributed by atoms with Crippen molar-refractivity contribution in [3.63, 3.8) is 0 Å². The van der Waals surface area contributed by atoms with Gasteiger partial charge in [0.25, 0.3) is 0 Å². The van der Waals surface area contributed by atoms with Crippen molar-refractivity contribution in [1.82, 2.24) is 5.32 Å². The predicted molar refractivity (Wildman–Crippen MR) is 60.0 cm³/mol. The Hall–Kier alpha value is -0.810. The number of rotatable bonds is 4. The summed E-state index contributed by atoms with van der Waals surface area (Å²) in [6.45, 7) is 0.530. The van der Waals surface area contributed by atoms with Crippen LogP contribution in [0.15, 0.2) is 10.5 Å². The second kappa shape index (κ2) is 5.32. The Bertz CT molecular complexity index is 358. The van der Waals surface area contributed by atoms with Gasteiger partial charge in [-0.1, -0.05) is 0 Å². The van der Waals surface area contributed by atoms with Crippen molar-refractivity contribution < 1.29 is 13.9 Å². The highest BCUT2D eigenvalue weighted by Gasteiger charge is 2.17. The Morgan fingerprint density at radius 1 is 1.33 bits per heavy atom. The van der Waals surface area contributed by atoms with Crippen LogP contribution in [0, 0.1) is 5.82 Å². The van der Waals surface area contributed by atoms with Crippen molar-refractivity contribution in [1.29, 1.82) is 0 Å². The van der Waals surface area contributed by atoms with Crippen LogP contribution in [0.2, 0.25) is 0 Å². The molecule has 1 N–H and O–H groups in total. The normalized spacial score (nSPS) is 10.2. The van der Waals surface area contributed by atoms with Crippen LogP contribution in [0.3, 0.4) is 0 Å². The lowest BCUT2D eigenvalue weighted by Crippen LogP contribution is -2.08. The lowest BCUT2D eigenvalue weighted by Gasteiger charge is -2.13. The summed E-state index contributed by atoms with van der Waals surface area (Å²) in [7, 11) is 4.64. The molecule has 15 heavy (non-hydrogen) atoms. The van der Waals surface area contributed by atoms with Crippen molar-refractivity contribution >= 4 is 15.9 Å². The first-order chi connectivity index (χ1) is 7.15. The molecule has 0 radical (unpaired) electrons. The molecule has 0 amide bonds. The maximum Gasteiger partial charge on any atom is 0.208 e. The van der Waals surface area contributed by atoms with Crippen molar-refractivity contribution in [2.75, 3.05) is 21.3 Å². The highest BCUT2D eigenvalue weighted by Crippen LogP contribution is 2.36. The Morgan fingerprint density at radius 2 is 1.93 bits per heavy atom. The Morgan fingerprint density at radius 3 is 2.40 bits per heavy atom. The highest BCUT2D eigenvalue weighted by atomic mass is 79.9. The van der Waals surface area contributed by atoms with Gasteiger partial charge in [-0.2, -0.15) is 4.39 Å². The SMILES string of the molecule is CNCc1cc(Br)c(OC)c(F)c1OC. The first-order valence-corrected chi connectivity index (χ1v) is 5.18. The van der Waals surface area contributed by atoms with E-state index in [0.717, 1.165) is 5.56 Å². The third kappa shape index (κ3) is 2.41. The Balaban J connectivity index is 3.30. The molecule has 1 aromatic rings. The largest absolute Gasteiger partial charge is 0.493 e. The van der Waals surface area contributed by atoms with Gasteiger partial charge in [0, 0.05) is 12.1 Å². The van der Waals surface area contributed by atoms with Gasteiger partial charge in [0.05, 0.1) is 18.7 Å². The summed E-state index contributed by atoms with van der Waals surface area (Å²) in [5.41, 5.74) is 0.741. The lowest BCUT2D eigenvalue weighted by atomic mass is 10.2. The van der Waals surface area contributed by atoms with Crippen molar-refractivity contribution in [3.8, 4) is 11.5 Å². The number of halogens is 2. The number of benzene rings is 1. The second-order valence-electron chi connectivity index (χ2n) is 2.93. The number of nitrogens with one attached hydrogen (secondary N) is 1. The quantitative estimate of drug-likeness (QED) is 0.916. The van der Waals surface area contributed by atoms with Crippen molar-refractivity contribution in [2.45, 2.75) is 6.54 Å². The van der Waals surface area contributed by atoms with Crippen LogP contribution in [-0.4, -0.2) is 21.3 Å². The van der Waals surface area contributed by atoms with E-state index < -0.39 is 5.82 Å². The van der Waals surface area contributed by atoms with E-state index in [1.807, 2.05) is 0 Å². The van der Waals surface area contributed by atoms with E-state index in [4.69, 9.17) is 9.47 Å². The van der Waals surface area contributed by atoms with Crippen molar-refractivity contribution in [3.05, 3.63) is 21.9 Å². The molecule has 84 valence electrons. The summed E-state index contributed by atoms with van der Waals surface area (Å²) in [6, 6.07) is 1.78. The molecule has 0 saturated heterocycles. The zero-order valence-corrected chi connectivity index (χ0v) is 10.4. The molecule has 1 rings (SSSR count). The summed E-state index contributed by atoms with van der Waals surface area (Å²) in [5, 5.41) is 2.94. The monoisotopic (exact) mass is 277 g/mol. The maximum absolute atomic E-state index is 13.8. The first-order valence-electron chi connectivity index (χ1n) is 4.39. The average molecular weight is 278 g/mol. The molecule has 0 atom stereocenters. The van der Waals surface area contributed by atoms with E-state index in [1.54, 1.807) is 13.1 Å². The van der Waals surface area contributed by atoms with Crippen molar-refractivity contribution in [2.24, 2.45) is 0 Å². The molecule has 0 aliphatic rings. The smallest absolute Gasteiger partial charge is 0.208 e. The van der Waals surface area contributed by atoms with Crippen LogP contribution >= 0.6 is 15.9 Å². The van der Waals surface area contributed by atoms with Crippen LogP contribution in [0.5, 0.6) is 11.5 Å². The zero-order chi connectivity index (χ0) is 11.4. The summed E-state index contributed by atoms with van der Waals surface area (Å²) in [4.78, 5) is 0. The Kier molecular flexibility index (Phi) is 4.35. The van der Waals surface area contributed by atoms with Gasteiger partial charge < -0.3 is 14.8 Å². The molecule has 0 fully saturated rings. The molecule has 0 aliphatic heterocycles. The molecule has 0 unspecified atom stereocenters. The van der Waals surface area contributed by atoms with Crippen LogP contribution in [0.4, 0.5) is 4.39 Å². The fourth-order valence-corrected chi connectivity index (χ4v) is 1.97. The van der Waals surface area contributed by atoms with E-state index in [9.17, 15) is 4.39 Å². The van der Waals surface area contributed by atoms with E-state index in [2.05, 4.69) is 21.2 Å². The van der Waals surface area contributed by atoms with Gasteiger partial charge in [0.1, 0.15) is 0 Å². The van der Waals surface area contributed by atoms with E-state index in [0.29, 0.717) is 11.0 Å². The van der Waals surface area contributed by atoms with E-state index in [-0.39, 0.29) is 11.5 Å². The molecular formula is C10H13BrFNO2. The summed E-state index contributed by atoms with van der Waals surface area (Å²) >= 11 is 3.24. The molecule has 0 aromatic heterocycles. The minimum atomic E-state index is -0.486. The molecule has 5 heteroatoms. The summed E-state index contributed by atoms with van der Waals surface area (Å²) in [5.74, 6) is -0.115. The molecule has 0 aliphatic carbocycles. The van der Waals surface area contributed by atoms with Crippen LogP contribution in [0.1, 0.15) is 5.56 Å². The standard InChI is InChI=1S/C10H13BrFNO2/c1-13-5-6-4-7(11)10(15-3)8(12)9(6)14-2/h4,13H,5H2,1-3H3. The summed E-state index contributed by atoms with van der Waals surface area (Å²) in [6.07, 6.45) is 0. The number of methoxy groups -OCH3 is 2. The van der Waals surface area contributed by atoms with E-state index in [1.165, 1.54) is 14.2 Å². The van der Waals surface area contributed by atoms with E-state index >= 15 is 0 Å². The van der Waals surface area contributed by atoms with Gasteiger partial charge >= 0.3 is 0 Å². The first kappa shape index (κ1) is 12.3. The van der Waals surface area contributed by atoms with Crippen LogP contribution in [0.25, 0.3) is 0 Å². The van der Waals surface area contributed by atoms with Gasteiger partial charge in [0.15, 0.2) is 11.5 Å². The highest BCUT2D eigenvalue weighted by molar-refractivity contribution is 9.10. The maximum atomic E-state index is 13.8. The molecular weight excluding hydrogens is 265 g/mol. The molecule has 3 nitrogen and oxygen atoms in total. The number of ether oxygens (including phenoxy) is 2. The van der Waals surface area contributed by atoms with Gasteiger partial charge in [0.2, 0.25) is 5.82 Å². The minimum Gasteiger partial charge on any atom is -0.493 e. The molecule has 0 spiro atoms. The fourth-order valence-electron chi connectivity index (χ4n) is 1.36. The fraction of sp³-hybridized carbons (Fsp3) is 0.400. The minimum absolute atomic E-state index is 0.159. The Labute approximate surface area is 96.7 Å². The number of hydrogen-bond donors (Lipinski definition) is 1.